The van der Waals surface area contributed by atoms with Gasteiger partial charge in [0.15, 0.2) is 5.82 Å². The van der Waals surface area contributed by atoms with E-state index in [4.69, 9.17) is 0 Å². The molecule has 23 heavy (non-hydrogen) atoms. The number of anilines is 1. The summed E-state index contributed by atoms with van der Waals surface area (Å²) in [7, 11) is 1.84. The SMILES string of the molecule is Cn1cc(-c2cnc(NC(=O)NCc3ccccc3)cn2)cn1. The van der Waals surface area contributed by atoms with Crippen molar-refractivity contribution in [3.63, 3.8) is 0 Å². The lowest BCUT2D eigenvalue weighted by Gasteiger charge is -2.07. The molecule has 0 aliphatic carbocycles. The van der Waals surface area contributed by atoms with Crippen molar-refractivity contribution in [1.29, 1.82) is 0 Å². The van der Waals surface area contributed by atoms with E-state index in [1.165, 1.54) is 6.20 Å². The molecule has 2 N–H and O–H groups in total. The standard InChI is InChI=1S/C16H16N6O/c1-22-11-13(8-20-22)14-9-18-15(10-17-14)21-16(23)19-7-12-5-3-2-4-6-12/h2-6,8-11H,7H2,1H3,(H2,18,19,21,23). The number of rotatable bonds is 4. The predicted molar refractivity (Wildman–Crippen MR) is 86.5 cm³/mol. The third-order valence-electron chi connectivity index (χ3n) is 3.19. The second kappa shape index (κ2) is 6.69. The van der Waals surface area contributed by atoms with Gasteiger partial charge in [-0.25, -0.2) is 9.78 Å². The maximum Gasteiger partial charge on any atom is 0.320 e. The van der Waals surface area contributed by atoms with Crippen molar-refractivity contribution in [2.45, 2.75) is 6.54 Å². The quantitative estimate of drug-likeness (QED) is 0.774. The minimum absolute atomic E-state index is 0.322. The van der Waals surface area contributed by atoms with Gasteiger partial charge < -0.3 is 5.32 Å². The first-order valence-electron chi connectivity index (χ1n) is 7.10. The Balaban J connectivity index is 1.56. The topological polar surface area (TPSA) is 84.7 Å². The Morgan fingerprint density at radius 3 is 2.61 bits per heavy atom. The van der Waals surface area contributed by atoms with E-state index in [2.05, 4.69) is 25.7 Å². The highest BCUT2D eigenvalue weighted by molar-refractivity contribution is 5.88. The van der Waals surface area contributed by atoms with Gasteiger partial charge in [0.25, 0.3) is 0 Å². The molecule has 0 atom stereocenters. The first-order valence-corrected chi connectivity index (χ1v) is 7.10. The maximum absolute atomic E-state index is 11.8. The number of hydrogen-bond acceptors (Lipinski definition) is 4. The number of carbonyl (C=O) groups is 1. The maximum atomic E-state index is 11.8. The molecule has 0 aliphatic heterocycles. The third-order valence-corrected chi connectivity index (χ3v) is 3.19. The highest BCUT2D eigenvalue weighted by Crippen LogP contribution is 2.15. The van der Waals surface area contributed by atoms with Crippen LogP contribution in [-0.4, -0.2) is 25.8 Å². The third kappa shape index (κ3) is 3.91. The number of nitrogens with zero attached hydrogens (tertiary/aromatic N) is 4. The number of amides is 2. The average Bonchev–Trinajstić information content (AvgIpc) is 3.01. The summed E-state index contributed by atoms with van der Waals surface area (Å²) in [6.07, 6.45) is 6.68. The predicted octanol–water partition coefficient (Wildman–Crippen LogP) is 2.20. The summed E-state index contributed by atoms with van der Waals surface area (Å²) in [5, 5.41) is 9.50. The minimum Gasteiger partial charge on any atom is -0.334 e. The van der Waals surface area contributed by atoms with Gasteiger partial charge in [-0.1, -0.05) is 30.3 Å². The molecule has 0 spiro atoms. The summed E-state index contributed by atoms with van der Waals surface area (Å²) in [4.78, 5) is 20.3. The van der Waals surface area contributed by atoms with Crippen molar-refractivity contribution in [3.8, 4) is 11.3 Å². The normalized spacial score (nSPS) is 10.3. The fraction of sp³-hybridized carbons (Fsp3) is 0.125. The number of urea groups is 1. The summed E-state index contributed by atoms with van der Waals surface area (Å²) in [6.45, 7) is 0.452. The monoisotopic (exact) mass is 308 g/mol. The van der Waals surface area contributed by atoms with E-state index in [0.717, 1.165) is 11.1 Å². The van der Waals surface area contributed by atoms with Gasteiger partial charge in [-0.15, -0.1) is 0 Å². The van der Waals surface area contributed by atoms with Crippen LogP contribution in [0, 0.1) is 0 Å². The minimum atomic E-state index is -0.322. The number of hydrogen-bond donors (Lipinski definition) is 2. The second-order valence-electron chi connectivity index (χ2n) is 4.98. The molecule has 0 bridgehead atoms. The van der Waals surface area contributed by atoms with E-state index in [1.807, 2.05) is 43.6 Å². The largest absolute Gasteiger partial charge is 0.334 e. The Hall–Kier alpha value is -3.22. The molecule has 0 saturated heterocycles. The molecule has 2 aromatic heterocycles. The van der Waals surface area contributed by atoms with E-state index in [0.29, 0.717) is 18.1 Å². The van der Waals surface area contributed by atoms with Gasteiger partial charge in [-0.05, 0) is 5.56 Å². The molecule has 0 aliphatic rings. The molecule has 2 amide bonds. The van der Waals surface area contributed by atoms with Crippen LogP contribution in [-0.2, 0) is 13.6 Å². The van der Waals surface area contributed by atoms with Crippen LogP contribution in [0.15, 0.2) is 55.1 Å². The molecule has 3 aromatic rings. The summed E-state index contributed by atoms with van der Waals surface area (Å²) in [6, 6.07) is 9.36. The summed E-state index contributed by atoms with van der Waals surface area (Å²) in [5.41, 5.74) is 2.61. The lowest BCUT2D eigenvalue weighted by atomic mass is 10.2. The van der Waals surface area contributed by atoms with Crippen molar-refractivity contribution < 1.29 is 4.79 Å². The Morgan fingerprint density at radius 2 is 1.96 bits per heavy atom. The highest BCUT2D eigenvalue weighted by atomic mass is 16.2. The van der Waals surface area contributed by atoms with Crippen molar-refractivity contribution in [2.75, 3.05) is 5.32 Å². The molecular formula is C16H16N6O. The van der Waals surface area contributed by atoms with Crippen LogP contribution in [0.3, 0.4) is 0 Å². The van der Waals surface area contributed by atoms with Gasteiger partial charge in [-0.3, -0.25) is 15.0 Å². The highest BCUT2D eigenvalue weighted by Gasteiger charge is 2.06. The molecule has 3 rings (SSSR count). The number of aromatic nitrogens is 4. The van der Waals surface area contributed by atoms with E-state index in [1.54, 1.807) is 17.1 Å². The van der Waals surface area contributed by atoms with Crippen LogP contribution >= 0.6 is 0 Å². The zero-order valence-corrected chi connectivity index (χ0v) is 12.6. The van der Waals surface area contributed by atoms with Crippen molar-refractivity contribution in [1.82, 2.24) is 25.1 Å². The Bertz CT molecular complexity index is 782. The van der Waals surface area contributed by atoms with Gasteiger partial charge in [0.1, 0.15) is 0 Å². The number of aryl methyl sites for hydroxylation is 1. The van der Waals surface area contributed by atoms with E-state index < -0.39 is 0 Å². The number of benzene rings is 1. The fourth-order valence-electron chi connectivity index (χ4n) is 2.03. The van der Waals surface area contributed by atoms with Crippen molar-refractivity contribution >= 4 is 11.8 Å². The Morgan fingerprint density at radius 1 is 1.13 bits per heavy atom. The molecule has 7 heteroatoms. The molecule has 1 aromatic carbocycles. The number of nitrogens with one attached hydrogen (secondary N) is 2. The second-order valence-corrected chi connectivity index (χ2v) is 4.98. The summed E-state index contributed by atoms with van der Waals surface area (Å²) < 4.78 is 1.69. The van der Waals surface area contributed by atoms with E-state index in [-0.39, 0.29) is 6.03 Å². The molecule has 116 valence electrons. The Kier molecular flexibility index (Phi) is 4.28. The lowest BCUT2D eigenvalue weighted by Crippen LogP contribution is -2.28. The van der Waals surface area contributed by atoms with Gasteiger partial charge >= 0.3 is 6.03 Å². The zero-order chi connectivity index (χ0) is 16.1. The molecule has 0 unspecified atom stereocenters. The van der Waals surface area contributed by atoms with Crippen LogP contribution in [0.2, 0.25) is 0 Å². The van der Waals surface area contributed by atoms with Crippen LogP contribution in [0.1, 0.15) is 5.56 Å². The van der Waals surface area contributed by atoms with Gasteiger partial charge in [0.2, 0.25) is 0 Å². The van der Waals surface area contributed by atoms with E-state index in [9.17, 15) is 4.79 Å². The van der Waals surface area contributed by atoms with Crippen molar-refractivity contribution in [3.05, 3.63) is 60.7 Å². The van der Waals surface area contributed by atoms with Crippen molar-refractivity contribution in [2.24, 2.45) is 7.05 Å². The lowest BCUT2D eigenvalue weighted by molar-refractivity contribution is 0.251. The number of carbonyl (C=O) groups excluding carboxylic acids is 1. The molecule has 0 radical (unpaired) electrons. The molecule has 2 heterocycles. The zero-order valence-electron chi connectivity index (χ0n) is 12.6. The van der Waals surface area contributed by atoms with Gasteiger partial charge in [0, 0.05) is 25.4 Å². The smallest absolute Gasteiger partial charge is 0.320 e. The Labute approximate surface area is 133 Å². The summed E-state index contributed by atoms with van der Waals surface area (Å²) >= 11 is 0. The first-order chi connectivity index (χ1) is 11.2. The van der Waals surface area contributed by atoms with Crippen LogP contribution in [0.25, 0.3) is 11.3 Å². The molecule has 0 saturated carbocycles. The van der Waals surface area contributed by atoms with Crippen LogP contribution < -0.4 is 10.6 Å². The molecule has 7 nitrogen and oxygen atoms in total. The summed E-state index contributed by atoms with van der Waals surface area (Å²) in [5.74, 6) is 0.392. The van der Waals surface area contributed by atoms with Crippen LogP contribution in [0.5, 0.6) is 0 Å². The van der Waals surface area contributed by atoms with E-state index >= 15 is 0 Å². The van der Waals surface area contributed by atoms with Crippen LogP contribution in [0.4, 0.5) is 10.6 Å². The fourth-order valence-corrected chi connectivity index (χ4v) is 2.03. The molecule has 0 fully saturated rings. The van der Waals surface area contributed by atoms with Gasteiger partial charge in [-0.2, -0.15) is 5.10 Å². The van der Waals surface area contributed by atoms with Gasteiger partial charge in [0.05, 0.1) is 24.3 Å². The first kappa shape index (κ1) is 14.7. The molecular weight excluding hydrogens is 292 g/mol. The average molecular weight is 308 g/mol.